The first kappa shape index (κ1) is 37.6. The fourth-order valence-electron chi connectivity index (χ4n) is 5.96. The molecule has 2 amide bonds. The fourth-order valence-corrected chi connectivity index (χ4v) is 6.22. The Hall–Kier alpha value is -4.23. The van der Waals surface area contributed by atoms with Gasteiger partial charge >= 0.3 is 0 Å². The van der Waals surface area contributed by atoms with E-state index in [1.807, 2.05) is 92.4 Å². The van der Waals surface area contributed by atoms with Gasteiger partial charge in [0.05, 0.1) is 6.10 Å². The van der Waals surface area contributed by atoms with Gasteiger partial charge in [0.25, 0.3) is 5.91 Å². The molecule has 0 radical (unpaired) electrons. The van der Waals surface area contributed by atoms with Crippen LogP contribution in [0, 0.1) is 0 Å². The maximum atomic E-state index is 13.8. The van der Waals surface area contributed by atoms with E-state index in [1.165, 1.54) is 5.56 Å². The van der Waals surface area contributed by atoms with E-state index in [9.17, 15) is 9.59 Å². The molecule has 1 fully saturated rings. The molecular weight excluding hydrogens is 630 g/mol. The van der Waals surface area contributed by atoms with Gasteiger partial charge in [-0.1, -0.05) is 109 Å². The first-order chi connectivity index (χ1) is 23.8. The Bertz CT molecular complexity index is 1620. The number of nitrogens with one attached hydrogen (secondary N) is 2. The summed E-state index contributed by atoms with van der Waals surface area (Å²) in [4.78, 5) is 28.9. The van der Waals surface area contributed by atoms with Crippen molar-refractivity contribution in [3.05, 3.63) is 148 Å². The van der Waals surface area contributed by atoms with Crippen LogP contribution < -0.4 is 10.6 Å². The largest absolute Gasteiger partial charge is 0.374 e. The molecule has 2 atom stereocenters. The Labute approximate surface area is 297 Å². The van der Waals surface area contributed by atoms with E-state index in [4.69, 9.17) is 16.3 Å². The summed E-state index contributed by atoms with van der Waals surface area (Å²) in [6, 6.07) is 28.3. The molecule has 3 aromatic rings. The zero-order chi connectivity index (χ0) is 35.0. The highest BCUT2D eigenvalue weighted by molar-refractivity contribution is 6.32. The summed E-state index contributed by atoms with van der Waals surface area (Å²) in [5.74, 6) is -0.270. The molecule has 49 heavy (non-hydrogen) atoms. The molecule has 0 bridgehead atoms. The van der Waals surface area contributed by atoms with Crippen molar-refractivity contribution in [2.75, 3.05) is 26.2 Å². The van der Waals surface area contributed by atoms with Crippen molar-refractivity contribution in [3.8, 4) is 0 Å². The summed E-state index contributed by atoms with van der Waals surface area (Å²) in [5.41, 5.74) is 7.02. The summed E-state index contributed by atoms with van der Waals surface area (Å²) in [7, 11) is 0. The van der Waals surface area contributed by atoms with Crippen LogP contribution in [0.3, 0.4) is 0 Å². The maximum Gasteiger partial charge on any atom is 0.251 e. The van der Waals surface area contributed by atoms with Gasteiger partial charge in [0.15, 0.2) is 0 Å². The zero-order valence-electron chi connectivity index (χ0n) is 29.3. The van der Waals surface area contributed by atoms with Crippen LogP contribution in [-0.4, -0.2) is 55.1 Å². The lowest BCUT2D eigenvalue weighted by molar-refractivity contribution is -0.129. The highest BCUT2D eigenvalue weighted by Gasteiger charge is 2.29. The molecule has 4 rings (SSSR count). The third-order valence-corrected chi connectivity index (χ3v) is 9.06. The number of halogens is 1. The van der Waals surface area contributed by atoms with Crippen LogP contribution in [0.4, 0.5) is 0 Å². The van der Waals surface area contributed by atoms with Crippen LogP contribution in [0.2, 0.25) is 0 Å². The Morgan fingerprint density at radius 1 is 0.918 bits per heavy atom. The van der Waals surface area contributed by atoms with E-state index < -0.39 is 0 Å². The summed E-state index contributed by atoms with van der Waals surface area (Å²) < 4.78 is 6.22. The smallest absolute Gasteiger partial charge is 0.251 e. The van der Waals surface area contributed by atoms with Crippen molar-refractivity contribution < 1.29 is 14.3 Å². The molecule has 0 aliphatic carbocycles. The Morgan fingerprint density at radius 2 is 1.57 bits per heavy atom. The number of ether oxygens (including phenoxy) is 1. The second-order valence-electron chi connectivity index (χ2n) is 12.4. The third kappa shape index (κ3) is 11.4. The van der Waals surface area contributed by atoms with Crippen molar-refractivity contribution >= 4 is 29.0 Å². The quantitative estimate of drug-likeness (QED) is 0.102. The van der Waals surface area contributed by atoms with Gasteiger partial charge in [-0.25, -0.2) is 0 Å². The van der Waals surface area contributed by atoms with Gasteiger partial charge in [-0.2, -0.15) is 0 Å². The molecule has 3 aromatic carbocycles. The predicted molar refractivity (Wildman–Crippen MR) is 202 cm³/mol. The second kappa shape index (κ2) is 19.7. The monoisotopic (exact) mass is 679 g/mol. The van der Waals surface area contributed by atoms with Gasteiger partial charge in [-0.05, 0) is 92.6 Å². The summed E-state index contributed by atoms with van der Waals surface area (Å²) in [6.45, 7) is 10.6. The number of rotatable bonds is 14. The standard InChI is InChI=1S/C42H50ClN3O3/c1-5-13-39(33-16-11-8-12-17-33)34-18-20-35(21-19-34)42(48)45-29-37-30-46(41(47)23-22-38(31(3)4)40(43)6-2)36(25-27-49-37)24-26-44-28-32-14-9-7-10-15-32/h6-23,36-37,44H,5,24-30H2,1-4H3,(H,45,48)/b23-22+,39-13+,40-6+. The normalized spacial score (nSPS) is 17.1. The topological polar surface area (TPSA) is 70.7 Å². The van der Waals surface area contributed by atoms with Crippen LogP contribution in [0.15, 0.2) is 125 Å². The number of benzene rings is 3. The van der Waals surface area contributed by atoms with Crippen LogP contribution in [-0.2, 0) is 16.1 Å². The van der Waals surface area contributed by atoms with Gasteiger partial charge in [-0.15, -0.1) is 0 Å². The lowest BCUT2D eigenvalue weighted by Crippen LogP contribution is -2.46. The molecule has 0 aromatic heterocycles. The molecule has 258 valence electrons. The molecule has 0 saturated carbocycles. The van der Waals surface area contributed by atoms with E-state index in [1.54, 1.807) is 12.2 Å². The van der Waals surface area contributed by atoms with E-state index >= 15 is 0 Å². The van der Waals surface area contributed by atoms with Gasteiger partial charge in [-0.3, -0.25) is 9.59 Å². The fraction of sp³-hybridized carbons (Fsp3) is 0.333. The van der Waals surface area contributed by atoms with Crippen LogP contribution in [0.5, 0.6) is 0 Å². The maximum absolute atomic E-state index is 13.8. The number of nitrogens with zero attached hydrogens (tertiary/aromatic N) is 1. The second-order valence-corrected chi connectivity index (χ2v) is 12.8. The number of amides is 2. The summed E-state index contributed by atoms with van der Waals surface area (Å²) >= 11 is 6.45. The molecule has 1 aliphatic rings. The molecular formula is C42H50ClN3O3. The summed E-state index contributed by atoms with van der Waals surface area (Å²) in [6.07, 6.45) is 9.50. The minimum Gasteiger partial charge on any atom is -0.374 e. The molecule has 2 N–H and O–H groups in total. The van der Waals surface area contributed by atoms with E-state index in [0.717, 1.165) is 53.8 Å². The molecule has 1 heterocycles. The molecule has 1 aliphatic heterocycles. The van der Waals surface area contributed by atoms with Crippen molar-refractivity contribution in [1.29, 1.82) is 0 Å². The van der Waals surface area contributed by atoms with E-state index in [-0.39, 0.29) is 24.0 Å². The summed E-state index contributed by atoms with van der Waals surface area (Å²) in [5, 5.41) is 7.19. The van der Waals surface area contributed by atoms with E-state index in [2.05, 4.69) is 47.9 Å². The van der Waals surface area contributed by atoms with Gasteiger partial charge < -0.3 is 20.3 Å². The SMILES string of the molecule is C/C=C(/Cl)C(/C=C/C(=O)N1CC(CNC(=O)c2ccc(/C(=C/CC)c3ccccc3)cc2)OCCC1CCNCc1ccccc1)=C(C)C. The average molecular weight is 680 g/mol. The number of hydrogen-bond acceptors (Lipinski definition) is 4. The molecule has 6 nitrogen and oxygen atoms in total. The third-order valence-electron chi connectivity index (χ3n) is 8.64. The van der Waals surface area contributed by atoms with Crippen molar-refractivity contribution in [3.63, 3.8) is 0 Å². The number of allylic oxidation sites excluding steroid dienone is 6. The first-order valence-corrected chi connectivity index (χ1v) is 17.7. The average Bonchev–Trinajstić information content (AvgIpc) is 3.34. The highest BCUT2D eigenvalue weighted by Crippen LogP contribution is 2.25. The highest BCUT2D eigenvalue weighted by atomic mass is 35.5. The van der Waals surface area contributed by atoms with Crippen LogP contribution >= 0.6 is 11.6 Å². The molecule has 7 heteroatoms. The van der Waals surface area contributed by atoms with Crippen LogP contribution in [0.1, 0.15) is 74.0 Å². The Balaban J connectivity index is 1.43. The number of carbonyl (C=O) groups excluding carboxylic acids is 2. The predicted octanol–water partition coefficient (Wildman–Crippen LogP) is 8.46. The molecule has 2 unspecified atom stereocenters. The Kier molecular flexibility index (Phi) is 15.1. The van der Waals surface area contributed by atoms with Crippen molar-refractivity contribution in [2.45, 2.75) is 65.6 Å². The molecule has 1 saturated heterocycles. The lowest BCUT2D eigenvalue weighted by Gasteiger charge is -2.30. The number of carbonyl (C=O) groups is 2. The zero-order valence-corrected chi connectivity index (χ0v) is 30.0. The first-order valence-electron chi connectivity index (χ1n) is 17.3. The molecule has 0 spiro atoms. The lowest BCUT2D eigenvalue weighted by atomic mass is 9.96. The Morgan fingerprint density at radius 3 is 2.22 bits per heavy atom. The van der Waals surface area contributed by atoms with Gasteiger partial charge in [0.1, 0.15) is 0 Å². The minimum atomic E-state index is -0.345. The van der Waals surface area contributed by atoms with E-state index in [0.29, 0.717) is 36.7 Å². The van der Waals surface area contributed by atoms with Crippen molar-refractivity contribution in [1.82, 2.24) is 15.5 Å². The van der Waals surface area contributed by atoms with Gasteiger partial charge in [0, 0.05) is 49.0 Å². The van der Waals surface area contributed by atoms with Gasteiger partial charge in [0.2, 0.25) is 5.91 Å². The minimum absolute atomic E-state index is 0.0176. The van der Waals surface area contributed by atoms with Crippen molar-refractivity contribution in [2.24, 2.45) is 0 Å². The van der Waals surface area contributed by atoms with Crippen LogP contribution in [0.25, 0.3) is 5.57 Å². The number of hydrogen-bond donors (Lipinski definition) is 2.